The molecule has 2 aromatic rings. The second-order valence-corrected chi connectivity index (χ2v) is 5.89. The van der Waals surface area contributed by atoms with Crippen LogP contribution in [0.1, 0.15) is 26.7 Å². The number of nitrogens with zero attached hydrogens (tertiary/aromatic N) is 1. The Morgan fingerprint density at radius 3 is 2.86 bits per heavy atom. The summed E-state index contributed by atoms with van der Waals surface area (Å²) in [5, 5.41) is 5.03. The molecule has 4 heteroatoms. The van der Waals surface area contributed by atoms with Crippen molar-refractivity contribution in [2.24, 2.45) is 17.6 Å². The lowest BCUT2D eigenvalue weighted by molar-refractivity contribution is -0.117. The standard InChI is InChI=1S/C17H23N3O/c1-12(2)8-13(10-18)9-17(21)20-16-5-3-4-14-11-19-7-6-15(14)16/h3-7,11-13H,8-10,18H2,1-2H3,(H,20,21). The quantitative estimate of drug-likeness (QED) is 0.856. The number of aromatic nitrogens is 1. The van der Waals surface area contributed by atoms with Crippen molar-refractivity contribution >= 4 is 22.4 Å². The zero-order valence-electron chi connectivity index (χ0n) is 12.7. The zero-order valence-corrected chi connectivity index (χ0v) is 12.7. The van der Waals surface area contributed by atoms with Crippen LogP contribution in [0.25, 0.3) is 10.8 Å². The number of hydrogen-bond acceptors (Lipinski definition) is 3. The van der Waals surface area contributed by atoms with E-state index in [9.17, 15) is 4.79 Å². The van der Waals surface area contributed by atoms with E-state index in [4.69, 9.17) is 5.73 Å². The summed E-state index contributed by atoms with van der Waals surface area (Å²) >= 11 is 0. The summed E-state index contributed by atoms with van der Waals surface area (Å²) in [4.78, 5) is 16.3. The van der Waals surface area contributed by atoms with Gasteiger partial charge in [-0.1, -0.05) is 26.0 Å². The highest BCUT2D eigenvalue weighted by Gasteiger charge is 2.14. The monoisotopic (exact) mass is 285 g/mol. The predicted molar refractivity (Wildman–Crippen MR) is 87.0 cm³/mol. The van der Waals surface area contributed by atoms with E-state index in [1.54, 1.807) is 12.4 Å². The molecule has 112 valence electrons. The van der Waals surface area contributed by atoms with Crippen LogP contribution < -0.4 is 11.1 Å². The fraction of sp³-hybridized carbons (Fsp3) is 0.412. The van der Waals surface area contributed by atoms with Gasteiger partial charge in [0.25, 0.3) is 0 Å². The molecule has 0 radical (unpaired) electrons. The molecule has 1 heterocycles. The lowest BCUT2D eigenvalue weighted by Gasteiger charge is -2.17. The first-order valence-electron chi connectivity index (χ1n) is 7.42. The van der Waals surface area contributed by atoms with Crippen molar-refractivity contribution < 1.29 is 4.79 Å². The zero-order chi connectivity index (χ0) is 15.2. The number of amides is 1. The number of hydrogen-bond donors (Lipinski definition) is 2. The van der Waals surface area contributed by atoms with Crippen LogP contribution in [-0.4, -0.2) is 17.4 Å². The fourth-order valence-electron chi connectivity index (χ4n) is 2.62. The topological polar surface area (TPSA) is 68.0 Å². The minimum Gasteiger partial charge on any atom is -0.330 e. The summed E-state index contributed by atoms with van der Waals surface area (Å²) in [7, 11) is 0. The van der Waals surface area contributed by atoms with Crippen LogP contribution in [0.4, 0.5) is 5.69 Å². The highest BCUT2D eigenvalue weighted by atomic mass is 16.1. The van der Waals surface area contributed by atoms with Gasteiger partial charge in [-0.05, 0) is 36.9 Å². The Balaban J connectivity index is 2.07. The largest absolute Gasteiger partial charge is 0.330 e. The number of pyridine rings is 1. The Morgan fingerprint density at radius 2 is 2.14 bits per heavy atom. The highest BCUT2D eigenvalue weighted by Crippen LogP contribution is 2.23. The van der Waals surface area contributed by atoms with Gasteiger partial charge in [0.05, 0.1) is 0 Å². The molecule has 0 saturated carbocycles. The second kappa shape index (κ2) is 7.18. The molecule has 3 N–H and O–H groups in total. The third-order valence-electron chi connectivity index (χ3n) is 3.57. The number of fused-ring (bicyclic) bond motifs is 1. The van der Waals surface area contributed by atoms with Crippen LogP contribution in [0.2, 0.25) is 0 Å². The minimum absolute atomic E-state index is 0.0235. The first-order chi connectivity index (χ1) is 10.1. The van der Waals surface area contributed by atoms with Crippen molar-refractivity contribution in [1.29, 1.82) is 0 Å². The van der Waals surface area contributed by atoms with Gasteiger partial charge >= 0.3 is 0 Å². The van der Waals surface area contributed by atoms with Gasteiger partial charge < -0.3 is 11.1 Å². The molecule has 1 unspecified atom stereocenters. The van der Waals surface area contributed by atoms with Gasteiger partial charge in [-0.25, -0.2) is 0 Å². The Kier molecular flexibility index (Phi) is 5.28. The van der Waals surface area contributed by atoms with Crippen LogP contribution >= 0.6 is 0 Å². The molecule has 0 spiro atoms. The minimum atomic E-state index is 0.0235. The summed E-state index contributed by atoms with van der Waals surface area (Å²) in [5.41, 5.74) is 6.60. The Hall–Kier alpha value is -1.94. The molecule has 1 amide bonds. The van der Waals surface area contributed by atoms with E-state index in [0.29, 0.717) is 18.9 Å². The van der Waals surface area contributed by atoms with Gasteiger partial charge in [-0.2, -0.15) is 0 Å². The molecule has 21 heavy (non-hydrogen) atoms. The molecule has 0 bridgehead atoms. The Bertz CT molecular complexity index is 605. The Labute approximate surface area is 125 Å². The van der Waals surface area contributed by atoms with E-state index in [1.165, 1.54) is 0 Å². The lowest BCUT2D eigenvalue weighted by Crippen LogP contribution is -2.23. The first kappa shape index (κ1) is 15.4. The lowest BCUT2D eigenvalue weighted by atomic mass is 9.94. The second-order valence-electron chi connectivity index (χ2n) is 5.89. The van der Waals surface area contributed by atoms with Gasteiger partial charge in [0.15, 0.2) is 0 Å². The average Bonchev–Trinajstić information content (AvgIpc) is 2.46. The summed E-state index contributed by atoms with van der Waals surface area (Å²) in [6, 6.07) is 7.74. The van der Waals surface area contributed by atoms with Crippen LogP contribution in [0, 0.1) is 11.8 Å². The summed E-state index contributed by atoms with van der Waals surface area (Å²) in [6.45, 7) is 4.85. The van der Waals surface area contributed by atoms with Crippen molar-refractivity contribution in [1.82, 2.24) is 4.98 Å². The molecule has 0 aliphatic rings. The van der Waals surface area contributed by atoms with Gasteiger partial charge in [-0.3, -0.25) is 9.78 Å². The number of benzene rings is 1. The maximum atomic E-state index is 12.2. The van der Waals surface area contributed by atoms with Crippen LogP contribution in [0.15, 0.2) is 36.7 Å². The molecule has 0 saturated heterocycles. The smallest absolute Gasteiger partial charge is 0.224 e. The molecule has 1 aromatic carbocycles. The van der Waals surface area contributed by atoms with Crippen LogP contribution in [0.5, 0.6) is 0 Å². The molecule has 2 rings (SSSR count). The van der Waals surface area contributed by atoms with Gasteiger partial charge in [0.1, 0.15) is 0 Å². The van der Waals surface area contributed by atoms with Crippen LogP contribution in [0.3, 0.4) is 0 Å². The van der Waals surface area contributed by atoms with Crippen molar-refractivity contribution in [2.75, 3.05) is 11.9 Å². The number of carbonyl (C=O) groups excluding carboxylic acids is 1. The van der Waals surface area contributed by atoms with E-state index < -0.39 is 0 Å². The molecule has 4 nitrogen and oxygen atoms in total. The van der Waals surface area contributed by atoms with E-state index in [1.807, 2.05) is 24.3 Å². The van der Waals surface area contributed by atoms with E-state index in [-0.39, 0.29) is 11.8 Å². The van der Waals surface area contributed by atoms with E-state index in [2.05, 4.69) is 24.1 Å². The number of nitrogens with one attached hydrogen (secondary N) is 1. The molecular formula is C17H23N3O. The predicted octanol–water partition coefficient (Wildman–Crippen LogP) is 3.18. The molecule has 1 aromatic heterocycles. The van der Waals surface area contributed by atoms with Gasteiger partial charge in [-0.15, -0.1) is 0 Å². The fourth-order valence-corrected chi connectivity index (χ4v) is 2.62. The van der Waals surface area contributed by atoms with Gasteiger partial charge in [0.2, 0.25) is 5.91 Å². The number of nitrogens with two attached hydrogens (primary N) is 1. The molecule has 0 aliphatic carbocycles. The molecule has 1 atom stereocenters. The van der Waals surface area contributed by atoms with Crippen molar-refractivity contribution in [3.8, 4) is 0 Å². The number of anilines is 1. The normalized spacial score (nSPS) is 12.6. The maximum absolute atomic E-state index is 12.2. The molecular weight excluding hydrogens is 262 g/mol. The maximum Gasteiger partial charge on any atom is 0.224 e. The van der Waals surface area contributed by atoms with Crippen LogP contribution in [-0.2, 0) is 4.79 Å². The van der Waals surface area contributed by atoms with Crippen molar-refractivity contribution in [2.45, 2.75) is 26.7 Å². The number of rotatable bonds is 6. The summed E-state index contributed by atoms with van der Waals surface area (Å²) in [5.74, 6) is 0.812. The van der Waals surface area contributed by atoms with Gasteiger partial charge in [0, 0.05) is 35.3 Å². The summed E-state index contributed by atoms with van der Waals surface area (Å²) < 4.78 is 0. The molecule has 0 fully saturated rings. The van der Waals surface area contributed by atoms with E-state index >= 15 is 0 Å². The summed E-state index contributed by atoms with van der Waals surface area (Å²) in [6.07, 6.45) is 4.98. The third kappa shape index (κ3) is 4.26. The molecule has 0 aliphatic heterocycles. The van der Waals surface area contributed by atoms with Crippen molar-refractivity contribution in [3.63, 3.8) is 0 Å². The Morgan fingerprint density at radius 1 is 1.33 bits per heavy atom. The van der Waals surface area contributed by atoms with E-state index in [0.717, 1.165) is 22.9 Å². The van der Waals surface area contributed by atoms with Crippen molar-refractivity contribution in [3.05, 3.63) is 36.7 Å². The first-order valence-corrected chi connectivity index (χ1v) is 7.42. The average molecular weight is 285 g/mol. The third-order valence-corrected chi connectivity index (χ3v) is 3.57. The number of carbonyl (C=O) groups is 1. The SMILES string of the molecule is CC(C)CC(CN)CC(=O)Nc1cccc2cnccc12. The highest BCUT2D eigenvalue weighted by molar-refractivity contribution is 6.01.